The third-order valence-electron chi connectivity index (χ3n) is 3.36. The van der Waals surface area contributed by atoms with E-state index in [1.165, 1.54) is 0 Å². The SMILES string of the molecule is CCN(CC1CC1)C(=O)c1cc(S(=O)(=O)Cl)c(F)cc1Cl. The molecular formula is C13H14Cl2FNO3S. The molecule has 1 saturated carbocycles. The molecule has 0 saturated heterocycles. The Bertz CT molecular complexity index is 674. The molecule has 0 N–H and O–H groups in total. The lowest BCUT2D eigenvalue weighted by Crippen LogP contribution is -2.33. The first kappa shape index (κ1) is 16.5. The lowest BCUT2D eigenvalue weighted by Gasteiger charge is -2.21. The predicted molar refractivity (Wildman–Crippen MR) is 78.8 cm³/mol. The maximum absolute atomic E-state index is 13.6. The second-order valence-corrected chi connectivity index (χ2v) is 7.93. The minimum atomic E-state index is -4.28. The topological polar surface area (TPSA) is 54.5 Å². The van der Waals surface area contributed by atoms with E-state index in [9.17, 15) is 17.6 Å². The van der Waals surface area contributed by atoms with Crippen LogP contribution in [0.4, 0.5) is 4.39 Å². The second-order valence-electron chi connectivity index (χ2n) is 4.99. The molecule has 1 aromatic rings. The number of nitrogens with zero attached hydrogens (tertiary/aromatic N) is 1. The summed E-state index contributed by atoms with van der Waals surface area (Å²) in [5.41, 5.74) is -0.0557. The van der Waals surface area contributed by atoms with E-state index in [1.54, 1.807) is 4.90 Å². The molecule has 0 bridgehead atoms. The van der Waals surface area contributed by atoms with Gasteiger partial charge in [-0.1, -0.05) is 11.6 Å². The van der Waals surface area contributed by atoms with Crippen LogP contribution in [0, 0.1) is 11.7 Å². The smallest absolute Gasteiger partial charge is 0.264 e. The molecule has 0 unspecified atom stereocenters. The molecule has 1 aromatic carbocycles. The van der Waals surface area contributed by atoms with E-state index in [2.05, 4.69) is 0 Å². The van der Waals surface area contributed by atoms with Crippen LogP contribution in [-0.2, 0) is 9.05 Å². The number of hydrogen-bond acceptors (Lipinski definition) is 3. The number of rotatable bonds is 5. The zero-order valence-corrected chi connectivity index (χ0v) is 13.6. The molecule has 0 atom stereocenters. The van der Waals surface area contributed by atoms with Crippen molar-refractivity contribution in [1.82, 2.24) is 4.90 Å². The third-order valence-corrected chi connectivity index (χ3v) is 5.01. The molecule has 116 valence electrons. The van der Waals surface area contributed by atoms with Crippen LogP contribution < -0.4 is 0 Å². The van der Waals surface area contributed by atoms with Gasteiger partial charge in [0, 0.05) is 23.8 Å². The van der Waals surface area contributed by atoms with Crippen LogP contribution in [0.1, 0.15) is 30.1 Å². The quantitative estimate of drug-likeness (QED) is 0.763. The molecule has 1 aliphatic rings. The summed E-state index contributed by atoms with van der Waals surface area (Å²) in [5.74, 6) is -1.02. The zero-order valence-electron chi connectivity index (χ0n) is 11.3. The summed E-state index contributed by atoms with van der Waals surface area (Å²) in [6, 6.07) is 1.70. The summed E-state index contributed by atoms with van der Waals surface area (Å²) < 4.78 is 36.3. The third kappa shape index (κ3) is 3.87. The Morgan fingerprint density at radius 2 is 2.05 bits per heavy atom. The van der Waals surface area contributed by atoms with Crippen molar-refractivity contribution in [3.05, 3.63) is 28.5 Å². The lowest BCUT2D eigenvalue weighted by atomic mass is 10.2. The van der Waals surface area contributed by atoms with Gasteiger partial charge in [0.25, 0.3) is 15.0 Å². The lowest BCUT2D eigenvalue weighted by molar-refractivity contribution is 0.0756. The predicted octanol–water partition coefficient (Wildman–Crippen LogP) is 3.28. The average molecular weight is 354 g/mol. The van der Waals surface area contributed by atoms with E-state index in [-0.39, 0.29) is 10.6 Å². The Labute approximate surface area is 132 Å². The van der Waals surface area contributed by atoms with Gasteiger partial charge in [-0.15, -0.1) is 0 Å². The molecular weight excluding hydrogens is 340 g/mol. The number of benzene rings is 1. The first-order valence-electron chi connectivity index (χ1n) is 6.47. The molecule has 0 aromatic heterocycles. The highest BCUT2D eigenvalue weighted by Gasteiger charge is 2.29. The Kier molecular flexibility index (Phi) is 4.80. The standard InChI is InChI=1S/C13H14Cl2FNO3S/c1-2-17(7-8-3-4-8)13(18)9-5-12(21(15,19)20)11(16)6-10(9)14/h5-6,8H,2-4,7H2,1H3. The van der Waals surface area contributed by atoms with Crippen LogP contribution >= 0.6 is 22.3 Å². The highest BCUT2D eigenvalue weighted by atomic mass is 35.7. The molecule has 0 heterocycles. The van der Waals surface area contributed by atoms with E-state index in [1.807, 2.05) is 6.92 Å². The molecule has 8 heteroatoms. The van der Waals surface area contributed by atoms with Crippen molar-refractivity contribution in [2.45, 2.75) is 24.7 Å². The van der Waals surface area contributed by atoms with E-state index in [0.29, 0.717) is 19.0 Å². The minimum absolute atomic E-state index is 0.0557. The molecule has 1 amide bonds. The first-order valence-corrected chi connectivity index (χ1v) is 9.15. The first-order chi connectivity index (χ1) is 9.74. The highest BCUT2D eigenvalue weighted by Crippen LogP contribution is 2.31. The second kappa shape index (κ2) is 6.10. The molecule has 1 aliphatic carbocycles. The van der Waals surface area contributed by atoms with Crippen molar-refractivity contribution in [2.75, 3.05) is 13.1 Å². The van der Waals surface area contributed by atoms with Gasteiger partial charge in [-0.25, -0.2) is 12.8 Å². The van der Waals surface area contributed by atoms with Crippen LogP contribution in [0.3, 0.4) is 0 Å². The van der Waals surface area contributed by atoms with E-state index in [0.717, 1.165) is 25.0 Å². The number of carbonyl (C=O) groups is 1. The fourth-order valence-electron chi connectivity index (χ4n) is 2.02. The molecule has 0 radical (unpaired) electrons. The number of hydrogen-bond donors (Lipinski definition) is 0. The van der Waals surface area contributed by atoms with E-state index in [4.69, 9.17) is 22.3 Å². The number of amides is 1. The van der Waals surface area contributed by atoms with Gasteiger partial charge >= 0.3 is 0 Å². The fraction of sp³-hybridized carbons (Fsp3) is 0.462. The van der Waals surface area contributed by atoms with Gasteiger partial charge in [-0.3, -0.25) is 4.79 Å². The molecule has 2 rings (SSSR count). The number of halogens is 3. The summed E-state index contributed by atoms with van der Waals surface area (Å²) in [7, 11) is 0.883. The van der Waals surface area contributed by atoms with Crippen LogP contribution in [-0.4, -0.2) is 32.3 Å². The summed E-state index contributed by atoms with van der Waals surface area (Å²) in [5, 5.41) is -0.129. The fourth-order valence-corrected chi connectivity index (χ4v) is 3.15. The minimum Gasteiger partial charge on any atom is -0.339 e. The molecule has 4 nitrogen and oxygen atoms in total. The maximum Gasteiger partial charge on any atom is 0.264 e. The maximum atomic E-state index is 13.6. The van der Waals surface area contributed by atoms with Crippen molar-refractivity contribution in [3.63, 3.8) is 0 Å². The van der Waals surface area contributed by atoms with Gasteiger partial charge in [0.1, 0.15) is 10.7 Å². The Morgan fingerprint density at radius 3 is 2.52 bits per heavy atom. The van der Waals surface area contributed by atoms with E-state index < -0.39 is 25.7 Å². The van der Waals surface area contributed by atoms with Gasteiger partial charge in [0.15, 0.2) is 0 Å². The van der Waals surface area contributed by atoms with Crippen molar-refractivity contribution >= 4 is 37.2 Å². The summed E-state index contributed by atoms with van der Waals surface area (Å²) in [6.45, 7) is 2.87. The molecule has 0 aliphatic heterocycles. The van der Waals surface area contributed by atoms with Gasteiger partial charge in [-0.05, 0) is 37.8 Å². The van der Waals surface area contributed by atoms with Crippen molar-refractivity contribution in [1.29, 1.82) is 0 Å². The number of carbonyl (C=O) groups excluding carboxylic acids is 1. The van der Waals surface area contributed by atoms with Crippen LogP contribution in [0.5, 0.6) is 0 Å². The van der Waals surface area contributed by atoms with Crippen molar-refractivity contribution in [3.8, 4) is 0 Å². The summed E-state index contributed by atoms with van der Waals surface area (Å²) in [4.78, 5) is 13.3. The van der Waals surface area contributed by atoms with E-state index >= 15 is 0 Å². The average Bonchev–Trinajstić information content (AvgIpc) is 3.17. The van der Waals surface area contributed by atoms with Gasteiger partial charge in [-0.2, -0.15) is 0 Å². The van der Waals surface area contributed by atoms with Gasteiger partial charge in [0.05, 0.1) is 10.6 Å². The molecule has 21 heavy (non-hydrogen) atoms. The van der Waals surface area contributed by atoms with Gasteiger partial charge < -0.3 is 4.90 Å². The van der Waals surface area contributed by atoms with Crippen LogP contribution in [0.25, 0.3) is 0 Å². The van der Waals surface area contributed by atoms with Crippen LogP contribution in [0.2, 0.25) is 5.02 Å². The largest absolute Gasteiger partial charge is 0.339 e. The molecule has 1 fully saturated rings. The van der Waals surface area contributed by atoms with Crippen molar-refractivity contribution in [2.24, 2.45) is 5.92 Å². The monoisotopic (exact) mass is 353 g/mol. The summed E-state index contributed by atoms with van der Waals surface area (Å²) in [6.07, 6.45) is 2.14. The Balaban J connectivity index is 2.39. The Hall–Kier alpha value is -0.850. The van der Waals surface area contributed by atoms with Crippen LogP contribution in [0.15, 0.2) is 17.0 Å². The van der Waals surface area contributed by atoms with Crippen molar-refractivity contribution < 1.29 is 17.6 Å². The van der Waals surface area contributed by atoms with Gasteiger partial charge in [0.2, 0.25) is 0 Å². The Morgan fingerprint density at radius 1 is 1.43 bits per heavy atom. The molecule has 0 spiro atoms. The highest BCUT2D eigenvalue weighted by molar-refractivity contribution is 8.13. The normalized spacial score (nSPS) is 15.0. The summed E-state index contributed by atoms with van der Waals surface area (Å²) >= 11 is 5.87. The zero-order chi connectivity index (χ0) is 15.8.